The molecule has 2 aromatic rings. The monoisotopic (exact) mass is 286 g/mol. The first kappa shape index (κ1) is 14.9. The summed E-state index contributed by atoms with van der Waals surface area (Å²) in [5.41, 5.74) is 2.10. The summed E-state index contributed by atoms with van der Waals surface area (Å²) in [7, 11) is 0. The fourth-order valence-corrected chi connectivity index (χ4v) is 1.92. The van der Waals surface area contributed by atoms with Crippen LogP contribution in [0.25, 0.3) is 0 Å². The summed E-state index contributed by atoms with van der Waals surface area (Å²) >= 11 is 0. The van der Waals surface area contributed by atoms with E-state index in [9.17, 15) is 4.79 Å². The van der Waals surface area contributed by atoms with Crippen LogP contribution in [-0.4, -0.2) is 17.7 Å². The molecule has 0 heterocycles. The Balaban J connectivity index is 2.17. The summed E-state index contributed by atoms with van der Waals surface area (Å²) < 4.78 is 11.2. The first-order chi connectivity index (χ1) is 10.1. The molecule has 0 spiro atoms. The molecular weight excluding hydrogens is 268 g/mol. The van der Waals surface area contributed by atoms with Gasteiger partial charge in [0.2, 0.25) is 0 Å². The van der Waals surface area contributed by atoms with E-state index in [0.29, 0.717) is 12.4 Å². The number of hydrogen-bond donors (Lipinski definition) is 1. The van der Waals surface area contributed by atoms with Gasteiger partial charge < -0.3 is 14.6 Å². The number of ether oxygens (including phenoxy) is 2. The van der Waals surface area contributed by atoms with E-state index < -0.39 is 5.97 Å². The maximum absolute atomic E-state index is 11.1. The summed E-state index contributed by atoms with van der Waals surface area (Å²) in [6.45, 7) is 4.67. The second kappa shape index (κ2) is 6.79. The third-order valence-corrected chi connectivity index (χ3v) is 3.02. The van der Waals surface area contributed by atoms with Gasteiger partial charge in [-0.2, -0.15) is 0 Å². The van der Waals surface area contributed by atoms with Crippen molar-refractivity contribution in [2.24, 2.45) is 0 Å². The van der Waals surface area contributed by atoms with Gasteiger partial charge in [0.15, 0.2) is 0 Å². The Morgan fingerprint density at radius 1 is 1.10 bits per heavy atom. The number of carbonyl (C=O) groups is 1. The molecule has 0 saturated carbocycles. The highest BCUT2D eigenvalue weighted by atomic mass is 16.5. The fourth-order valence-electron chi connectivity index (χ4n) is 1.92. The lowest BCUT2D eigenvalue weighted by atomic mass is 10.1. The number of benzene rings is 2. The smallest absolute Gasteiger partial charge is 0.335 e. The van der Waals surface area contributed by atoms with Crippen molar-refractivity contribution in [1.29, 1.82) is 0 Å². The van der Waals surface area contributed by atoms with Gasteiger partial charge in [-0.1, -0.05) is 17.7 Å². The number of carboxylic acids is 1. The quantitative estimate of drug-likeness (QED) is 0.880. The Morgan fingerprint density at radius 2 is 1.81 bits per heavy atom. The Bertz CT molecular complexity index is 617. The molecule has 4 heteroatoms. The molecule has 2 rings (SSSR count). The predicted molar refractivity (Wildman–Crippen MR) is 80.1 cm³/mol. The van der Waals surface area contributed by atoms with Gasteiger partial charge in [0, 0.05) is 5.56 Å². The summed E-state index contributed by atoms with van der Waals surface area (Å²) in [5.74, 6) is 0.424. The number of hydrogen-bond acceptors (Lipinski definition) is 3. The molecule has 2 aromatic carbocycles. The van der Waals surface area contributed by atoms with E-state index in [4.69, 9.17) is 14.6 Å². The normalized spacial score (nSPS) is 10.2. The van der Waals surface area contributed by atoms with Crippen LogP contribution in [-0.2, 0) is 6.61 Å². The summed E-state index contributed by atoms with van der Waals surface area (Å²) in [6, 6.07) is 12.5. The number of aromatic carboxylic acids is 1. The van der Waals surface area contributed by atoms with Crippen LogP contribution >= 0.6 is 0 Å². The van der Waals surface area contributed by atoms with Crippen molar-refractivity contribution in [3.63, 3.8) is 0 Å². The largest absolute Gasteiger partial charge is 0.493 e. The molecule has 0 aliphatic heterocycles. The van der Waals surface area contributed by atoms with Crippen LogP contribution in [0.1, 0.15) is 28.4 Å². The van der Waals surface area contributed by atoms with Gasteiger partial charge in [-0.3, -0.25) is 0 Å². The van der Waals surface area contributed by atoms with Gasteiger partial charge in [-0.15, -0.1) is 0 Å². The van der Waals surface area contributed by atoms with Crippen LogP contribution in [0.15, 0.2) is 42.5 Å². The van der Waals surface area contributed by atoms with Gasteiger partial charge >= 0.3 is 5.97 Å². The zero-order valence-corrected chi connectivity index (χ0v) is 12.1. The number of rotatable bonds is 6. The summed E-state index contributed by atoms with van der Waals surface area (Å²) in [5, 5.41) is 9.06. The molecule has 0 radical (unpaired) electrons. The lowest BCUT2D eigenvalue weighted by molar-refractivity contribution is 0.0696. The SMILES string of the molecule is CCOc1ccc(C(=O)O)cc1COc1ccc(C)cc1. The average Bonchev–Trinajstić information content (AvgIpc) is 2.48. The third kappa shape index (κ3) is 3.99. The number of aryl methyl sites for hydroxylation is 1. The Hall–Kier alpha value is -2.49. The Labute approximate surface area is 123 Å². The van der Waals surface area contributed by atoms with Crippen LogP contribution in [0.5, 0.6) is 11.5 Å². The second-order valence-corrected chi connectivity index (χ2v) is 4.66. The maximum Gasteiger partial charge on any atom is 0.335 e. The second-order valence-electron chi connectivity index (χ2n) is 4.66. The molecular formula is C17H18O4. The standard InChI is InChI=1S/C17H18O4/c1-3-20-16-9-6-13(17(18)19)10-14(16)11-21-15-7-4-12(2)5-8-15/h4-10H,3,11H2,1-2H3,(H,18,19). The summed E-state index contributed by atoms with van der Waals surface area (Å²) in [4.78, 5) is 11.1. The molecule has 21 heavy (non-hydrogen) atoms. The van der Waals surface area contributed by atoms with Crippen LogP contribution in [0, 0.1) is 6.92 Å². The Kier molecular flexibility index (Phi) is 4.82. The van der Waals surface area contributed by atoms with Gasteiger partial charge in [-0.25, -0.2) is 4.79 Å². The third-order valence-electron chi connectivity index (χ3n) is 3.02. The van der Waals surface area contributed by atoms with Gasteiger partial charge in [0.1, 0.15) is 18.1 Å². The van der Waals surface area contributed by atoms with Crippen molar-refractivity contribution >= 4 is 5.97 Å². The van der Waals surface area contributed by atoms with Gasteiger partial charge in [0.05, 0.1) is 12.2 Å². The molecule has 0 atom stereocenters. The van der Waals surface area contributed by atoms with E-state index in [1.165, 1.54) is 6.07 Å². The van der Waals surface area contributed by atoms with Gasteiger partial charge in [0.25, 0.3) is 0 Å². The number of carboxylic acid groups (broad SMARTS) is 1. The lowest BCUT2D eigenvalue weighted by Crippen LogP contribution is -2.04. The van der Waals surface area contributed by atoms with E-state index in [-0.39, 0.29) is 12.2 Å². The van der Waals surface area contributed by atoms with Crippen LogP contribution in [0.3, 0.4) is 0 Å². The van der Waals surface area contributed by atoms with E-state index >= 15 is 0 Å². The molecule has 0 saturated heterocycles. The minimum atomic E-state index is -0.963. The van der Waals surface area contributed by atoms with Crippen molar-refractivity contribution in [2.45, 2.75) is 20.5 Å². The summed E-state index contributed by atoms with van der Waals surface area (Å²) in [6.07, 6.45) is 0. The molecule has 0 amide bonds. The molecule has 0 unspecified atom stereocenters. The molecule has 0 aliphatic carbocycles. The molecule has 0 aliphatic rings. The first-order valence-electron chi connectivity index (χ1n) is 6.78. The van der Waals surface area contributed by atoms with Crippen molar-refractivity contribution in [3.05, 3.63) is 59.2 Å². The molecule has 0 aromatic heterocycles. The molecule has 0 fully saturated rings. The van der Waals surface area contributed by atoms with Crippen molar-refractivity contribution in [3.8, 4) is 11.5 Å². The Morgan fingerprint density at radius 3 is 2.43 bits per heavy atom. The van der Waals surface area contributed by atoms with E-state index in [1.54, 1.807) is 12.1 Å². The van der Waals surface area contributed by atoms with Gasteiger partial charge in [-0.05, 0) is 44.2 Å². The minimum absolute atomic E-state index is 0.223. The van der Waals surface area contributed by atoms with Crippen LogP contribution in [0.2, 0.25) is 0 Å². The zero-order chi connectivity index (χ0) is 15.2. The topological polar surface area (TPSA) is 55.8 Å². The van der Waals surface area contributed by atoms with E-state index in [0.717, 1.165) is 16.9 Å². The molecule has 0 bridgehead atoms. The lowest BCUT2D eigenvalue weighted by Gasteiger charge is -2.12. The van der Waals surface area contributed by atoms with Crippen molar-refractivity contribution < 1.29 is 19.4 Å². The van der Waals surface area contributed by atoms with E-state index in [2.05, 4.69) is 0 Å². The highest BCUT2D eigenvalue weighted by molar-refractivity contribution is 5.88. The highest BCUT2D eigenvalue weighted by Gasteiger charge is 2.10. The van der Waals surface area contributed by atoms with Crippen molar-refractivity contribution in [1.82, 2.24) is 0 Å². The fraction of sp³-hybridized carbons (Fsp3) is 0.235. The first-order valence-corrected chi connectivity index (χ1v) is 6.78. The molecule has 1 N–H and O–H groups in total. The van der Waals surface area contributed by atoms with E-state index in [1.807, 2.05) is 38.1 Å². The zero-order valence-electron chi connectivity index (χ0n) is 12.1. The average molecular weight is 286 g/mol. The maximum atomic E-state index is 11.1. The van der Waals surface area contributed by atoms with Crippen molar-refractivity contribution in [2.75, 3.05) is 6.61 Å². The van der Waals surface area contributed by atoms with Crippen LogP contribution < -0.4 is 9.47 Å². The van der Waals surface area contributed by atoms with Crippen LogP contribution in [0.4, 0.5) is 0 Å². The predicted octanol–water partition coefficient (Wildman–Crippen LogP) is 3.67. The highest BCUT2D eigenvalue weighted by Crippen LogP contribution is 2.23. The molecule has 4 nitrogen and oxygen atoms in total. The molecule has 110 valence electrons. The minimum Gasteiger partial charge on any atom is -0.493 e.